The lowest BCUT2D eigenvalue weighted by atomic mass is 10.2. The van der Waals surface area contributed by atoms with Gasteiger partial charge in [0.15, 0.2) is 18.1 Å². The molecule has 0 spiro atoms. The van der Waals surface area contributed by atoms with Gasteiger partial charge in [0.1, 0.15) is 0 Å². The first kappa shape index (κ1) is 22.0. The summed E-state index contributed by atoms with van der Waals surface area (Å²) in [6, 6.07) is 9.58. The van der Waals surface area contributed by atoms with Crippen molar-refractivity contribution in [1.82, 2.24) is 19.9 Å². The molecule has 32 heavy (non-hydrogen) atoms. The summed E-state index contributed by atoms with van der Waals surface area (Å²) in [5.74, 6) is 2.34. The second-order valence-corrected chi connectivity index (χ2v) is 8.29. The van der Waals surface area contributed by atoms with Crippen LogP contribution in [-0.4, -0.2) is 65.7 Å². The number of piperazine rings is 1. The fourth-order valence-electron chi connectivity index (χ4n) is 3.50. The zero-order chi connectivity index (χ0) is 22.3. The van der Waals surface area contributed by atoms with Gasteiger partial charge in [0.2, 0.25) is 11.7 Å². The number of benzene rings is 1. The number of methoxy groups -OCH3 is 1. The lowest BCUT2D eigenvalue weighted by Gasteiger charge is -2.33. The minimum Gasteiger partial charge on any atom is -0.493 e. The highest BCUT2D eigenvalue weighted by Gasteiger charge is 2.23. The van der Waals surface area contributed by atoms with Crippen LogP contribution in [0.4, 0.5) is 0 Å². The SMILES string of the molecule is C/C=C/c1ccc(OCC(=O)N2CCN(Cc3nc(-c4cccs4)no3)CC2)c(OC)c1. The summed E-state index contributed by atoms with van der Waals surface area (Å²) in [6.07, 6.45) is 3.94. The van der Waals surface area contributed by atoms with E-state index in [-0.39, 0.29) is 12.5 Å². The molecule has 0 unspecified atom stereocenters. The molecule has 0 bridgehead atoms. The third-order valence-corrected chi connectivity index (χ3v) is 6.06. The summed E-state index contributed by atoms with van der Waals surface area (Å²) < 4.78 is 16.5. The average Bonchev–Trinajstić information content (AvgIpc) is 3.51. The van der Waals surface area contributed by atoms with Crippen molar-refractivity contribution in [2.24, 2.45) is 0 Å². The molecule has 3 aromatic rings. The highest BCUT2D eigenvalue weighted by molar-refractivity contribution is 7.13. The molecule has 9 heteroatoms. The quantitative estimate of drug-likeness (QED) is 0.515. The highest BCUT2D eigenvalue weighted by atomic mass is 32.1. The van der Waals surface area contributed by atoms with E-state index in [0.29, 0.717) is 42.8 Å². The average molecular weight is 455 g/mol. The Morgan fingerprint density at radius 2 is 2.06 bits per heavy atom. The Morgan fingerprint density at radius 3 is 2.78 bits per heavy atom. The first-order chi connectivity index (χ1) is 15.7. The summed E-state index contributed by atoms with van der Waals surface area (Å²) in [5.41, 5.74) is 1.02. The van der Waals surface area contributed by atoms with E-state index >= 15 is 0 Å². The molecular formula is C23H26N4O4S. The van der Waals surface area contributed by atoms with Crippen molar-refractivity contribution in [3.05, 3.63) is 53.2 Å². The molecule has 2 aromatic heterocycles. The smallest absolute Gasteiger partial charge is 0.260 e. The Kier molecular flexibility index (Phi) is 7.18. The van der Waals surface area contributed by atoms with Crippen molar-refractivity contribution >= 4 is 23.3 Å². The van der Waals surface area contributed by atoms with Crippen LogP contribution in [0.1, 0.15) is 18.4 Å². The number of rotatable bonds is 8. The van der Waals surface area contributed by atoms with Crippen molar-refractivity contribution in [3.63, 3.8) is 0 Å². The topological polar surface area (TPSA) is 80.9 Å². The van der Waals surface area contributed by atoms with Gasteiger partial charge in [0, 0.05) is 26.2 Å². The van der Waals surface area contributed by atoms with E-state index < -0.39 is 0 Å². The van der Waals surface area contributed by atoms with E-state index in [2.05, 4.69) is 15.0 Å². The number of amides is 1. The molecule has 1 aliphatic heterocycles. The molecule has 4 rings (SSSR count). The lowest BCUT2D eigenvalue weighted by molar-refractivity contribution is -0.135. The number of hydrogen-bond donors (Lipinski definition) is 0. The Bertz CT molecular complexity index is 1060. The number of aromatic nitrogens is 2. The zero-order valence-corrected chi connectivity index (χ0v) is 19.0. The Hall–Kier alpha value is -3.17. The first-order valence-corrected chi connectivity index (χ1v) is 11.3. The van der Waals surface area contributed by atoms with E-state index in [4.69, 9.17) is 14.0 Å². The molecule has 0 N–H and O–H groups in total. The van der Waals surface area contributed by atoms with Gasteiger partial charge >= 0.3 is 0 Å². The molecule has 0 aliphatic carbocycles. The highest BCUT2D eigenvalue weighted by Crippen LogP contribution is 2.28. The van der Waals surface area contributed by atoms with E-state index in [1.54, 1.807) is 18.4 Å². The van der Waals surface area contributed by atoms with Crippen LogP contribution < -0.4 is 9.47 Å². The van der Waals surface area contributed by atoms with Crippen LogP contribution in [-0.2, 0) is 11.3 Å². The largest absolute Gasteiger partial charge is 0.493 e. The molecule has 168 valence electrons. The van der Waals surface area contributed by atoms with Gasteiger partial charge in [-0.3, -0.25) is 9.69 Å². The van der Waals surface area contributed by atoms with Crippen molar-refractivity contribution < 1.29 is 18.8 Å². The number of carbonyl (C=O) groups is 1. The molecule has 3 heterocycles. The van der Waals surface area contributed by atoms with Crippen molar-refractivity contribution in [1.29, 1.82) is 0 Å². The van der Waals surface area contributed by atoms with Gasteiger partial charge in [0.25, 0.3) is 5.91 Å². The fourth-order valence-corrected chi connectivity index (χ4v) is 4.15. The second-order valence-electron chi connectivity index (χ2n) is 7.34. The second kappa shape index (κ2) is 10.4. The summed E-state index contributed by atoms with van der Waals surface area (Å²) in [7, 11) is 1.59. The lowest BCUT2D eigenvalue weighted by Crippen LogP contribution is -2.49. The van der Waals surface area contributed by atoms with Crippen LogP contribution >= 0.6 is 11.3 Å². The third-order valence-electron chi connectivity index (χ3n) is 5.19. The van der Waals surface area contributed by atoms with E-state index in [1.807, 2.05) is 59.7 Å². The monoisotopic (exact) mass is 454 g/mol. The molecule has 8 nitrogen and oxygen atoms in total. The summed E-state index contributed by atoms with van der Waals surface area (Å²) in [6.45, 7) is 5.25. The molecule has 0 radical (unpaired) electrons. The Morgan fingerprint density at radius 1 is 1.22 bits per heavy atom. The van der Waals surface area contributed by atoms with Crippen molar-refractivity contribution in [2.75, 3.05) is 39.9 Å². The number of hydrogen-bond acceptors (Lipinski definition) is 8. The predicted octanol–water partition coefficient (Wildman–Crippen LogP) is 3.56. The summed E-state index contributed by atoms with van der Waals surface area (Å²) >= 11 is 1.58. The zero-order valence-electron chi connectivity index (χ0n) is 18.2. The van der Waals surface area contributed by atoms with E-state index in [0.717, 1.165) is 23.5 Å². The molecule has 0 atom stereocenters. The molecular weight excluding hydrogens is 428 g/mol. The van der Waals surface area contributed by atoms with Gasteiger partial charge in [-0.2, -0.15) is 4.98 Å². The standard InChI is InChI=1S/C23H26N4O4S/c1-3-5-17-7-8-18(19(14-17)29-2)30-16-22(28)27-11-9-26(10-12-27)15-21-24-23(25-31-21)20-6-4-13-32-20/h3-8,13-14H,9-12,15-16H2,1-2H3/b5-3+. The Labute approximate surface area is 191 Å². The minimum atomic E-state index is -0.0398. The van der Waals surface area contributed by atoms with Crippen LogP contribution in [0, 0.1) is 0 Å². The molecule has 1 aliphatic rings. The van der Waals surface area contributed by atoms with Crippen LogP contribution in [0.25, 0.3) is 16.8 Å². The maximum absolute atomic E-state index is 12.6. The van der Waals surface area contributed by atoms with Gasteiger partial charge in [0.05, 0.1) is 18.5 Å². The van der Waals surface area contributed by atoms with E-state index in [1.165, 1.54) is 0 Å². The number of ether oxygens (including phenoxy) is 2. The van der Waals surface area contributed by atoms with Gasteiger partial charge in [-0.1, -0.05) is 29.4 Å². The molecule has 1 saturated heterocycles. The van der Waals surface area contributed by atoms with Crippen LogP contribution in [0.3, 0.4) is 0 Å². The maximum Gasteiger partial charge on any atom is 0.260 e. The third kappa shape index (κ3) is 5.35. The number of thiophene rings is 1. The van der Waals surface area contributed by atoms with Crippen LogP contribution in [0.5, 0.6) is 11.5 Å². The Balaban J connectivity index is 1.25. The van der Waals surface area contributed by atoms with Crippen molar-refractivity contribution in [2.45, 2.75) is 13.5 Å². The minimum absolute atomic E-state index is 0.0207. The number of allylic oxidation sites excluding steroid dienone is 1. The molecule has 0 saturated carbocycles. The predicted molar refractivity (Wildman–Crippen MR) is 123 cm³/mol. The molecule has 1 amide bonds. The summed E-state index contributed by atoms with van der Waals surface area (Å²) in [5, 5.41) is 6.04. The number of nitrogens with zero attached hydrogens (tertiary/aromatic N) is 4. The van der Waals surface area contributed by atoms with Crippen molar-refractivity contribution in [3.8, 4) is 22.2 Å². The maximum atomic E-state index is 12.6. The summed E-state index contributed by atoms with van der Waals surface area (Å²) in [4.78, 5) is 22.1. The van der Waals surface area contributed by atoms with Gasteiger partial charge in [-0.05, 0) is 36.1 Å². The first-order valence-electron chi connectivity index (χ1n) is 10.5. The van der Waals surface area contributed by atoms with E-state index in [9.17, 15) is 4.79 Å². The van der Waals surface area contributed by atoms with Gasteiger partial charge < -0.3 is 18.9 Å². The van der Waals surface area contributed by atoms with Gasteiger partial charge in [-0.25, -0.2) is 0 Å². The molecule has 1 fully saturated rings. The van der Waals surface area contributed by atoms with Gasteiger partial charge in [-0.15, -0.1) is 11.3 Å². The molecule has 1 aromatic carbocycles. The van der Waals surface area contributed by atoms with Crippen LogP contribution in [0.15, 0.2) is 46.3 Å². The van der Waals surface area contributed by atoms with Crippen LogP contribution in [0.2, 0.25) is 0 Å². The normalized spacial score (nSPS) is 14.8. The fraction of sp³-hybridized carbons (Fsp3) is 0.348. The number of carbonyl (C=O) groups excluding carboxylic acids is 1.